The molecule has 0 aromatic heterocycles. The van der Waals surface area contributed by atoms with E-state index in [9.17, 15) is 17.6 Å². The molecule has 1 N–H and O–H groups in total. The highest BCUT2D eigenvalue weighted by Gasteiger charge is 2.40. The maximum Gasteiger partial charge on any atom is 0.264 e. The van der Waals surface area contributed by atoms with Gasteiger partial charge in [-0.3, -0.25) is 9.10 Å². The Bertz CT molecular complexity index is 947. The topological polar surface area (TPSA) is 66.5 Å². The molecule has 2 fully saturated rings. The number of carbonyl (C=O) groups excluding carboxylic acids is 1. The van der Waals surface area contributed by atoms with Crippen LogP contribution in [-0.2, 0) is 14.8 Å². The summed E-state index contributed by atoms with van der Waals surface area (Å²) in [6.07, 6.45) is 4.49. The van der Waals surface area contributed by atoms with E-state index < -0.39 is 15.8 Å². The van der Waals surface area contributed by atoms with Crippen LogP contribution in [0, 0.1) is 17.7 Å². The van der Waals surface area contributed by atoms with Crippen LogP contribution in [0.4, 0.5) is 10.1 Å². The monoisotopic (exact) mass is 402 g/mol. The van der Waals surface area contributed by atoms with Crippen LogP contribution in [0.25, 0.3) is 0 Å². The van der Waals surface area contributed by atoms with E-state index in [2.05, 4.69) is 5.32 Å². The number of nitrogens with zero attached hydrogens (tertiary/aromatic N) is 1. The Labute approximate surface area is 164 Å². The largest absolute Gasteiger partial charge is 0.352 e. The SMILES string of the molecule is O=C(CN(c1ccccc1)S(=O)(=O)c1ccc(F)cc1)N[C@@H]1C[C@@H]2CC[C@@H]1C2. The molecule has 0 radical (unpaired) electrons. The lowest BCUT2D eigenvalue weighted by Crippen LogP contribution is -2.45. The fraction of sp³-hybridized carbons (Fsp3) is 0.381. The number of halogens is 1. The van der Waals surface area contributed by atoms with Gasteiger partial charge in [0.15, 0.2) is 0 Å². The Morgan fingerprint density at radius 3 is 2.36 bits per heavy atom. The van der Waals surface area contributed by atoms with Gasteiger partial charge in [0.25, 0.3) is 10.0 Å². The first-order valence-electron chi connectivity index (χ1n) is 9.56. The number of fused-ring (bicyclic) bond motifs is 2. The molecule has 0 aliphatic heterocycles. The van der Waals surface area contributed by atoms with Gasteiger partial charge in [0, 0.05) is 6.04 Å². The minimum absolute atomic E-state index is 0.0505. The second-order valence-electron chi connectivity index (χ2n) is 7.65. The minimum Gasteiger partial charge on any atom is -0.352 e. The van der Waals surface area contributed by atoms with Gasteiger partial charge in [-0.1, -0.05) is 24.6 Å². The first kappa shape index (κ1) is 18.9. The summed E-state index contributed by atoms with van der Waals surface area (Å²) in [6.45, 7) is -0.308. The van der Waals surface area contributed by atoms with Gasteiger partial charge >= 0.3 is 0 Å². The summed E-state index contributed by atoms with van der Waals surface area (Å²) >= 11 is 0. The molecule has 2 aliphatic rings. The van der Waals surface area contributed by atoms with E-state index in [1.807, 2.05) is 0 Å². The molecule has 2 bridgehead atoms. The molecule has 2 aromatic carbocycles. The standard InChI is InChI=1S/C21H23FN2O3S/c22-17-8-10-19(11-9-17)28(26,27)24(18-4-2-1-3-5-18)14-21(25)23-20-13-15-6-7-16(20)12-15/h1-5,8-11,15-16,20H,6-7,12-14H2,(H,23,25)/t15-,16-,20-/m1/s1. The van der Waals surface area contributed by atoms with Gasteiger partial charge in [-0.25, -0.2) is 12.8 Å². The van der Waals surface area contributed by atoms with Crippen molar-refractivity contribution in [3.8, 4) is 0 Å². The molecule has 2 saturated carbocycles. The molecule has 3 atom stereocenters. The summed E-state index contributed by atoms with van der Waals surface area (Å²) < 4.78 is 40.7. The fourth-order valence-corrected chi connectivity index (χ4v) is 5.87. The van der Waals surface area contributed by atoms with Gasteiger partial charge in [-0.2, -0.15) is 0 Å². The number of nitrogens with one attached hydrogen (secondary N) is 1. The number of rotatable bonds is 6. The average molecular weight is 402 g/mol. The first-order chi connectivity index (χ1) is 13.4. The maximum atomic E-state index is 13.2. The van der Waals surface area contributed by atoms with Crippen molar-refractivity contribution in [2.75, 3.05) is 10.8 Å². The molecule has 5 nitrogen and oxygen atoms in total. The van der Waals surface area contributed by atoms with Gasteiger partial charge in [-0.05, 0) is 67.5 Å². The van der Waals surface area contributed by atoms with Gasteiger partial charge in [0.05, 0.1) is 10.6 Å². The van der Waals surface area contributed by atoms with E-state index in [1.54, 1.807) is 30.3 Å². The lowest BCUT2D eigenvalue weighted by molar-refractivity contribution is -0.120. The number of carbonyl (C=O) groups is 1. The van der Waals surface area contributed by atoms with Crippen LogP contribution in [0.15, 0.2) is 59.5 Å². The molecular formula is C21H23FN2O3S. The van der Waals surface area contributed by atoms with Crippen molar-refractivity contribution in [3.63, 3.8) is 0 Å². The highest BCUT2D eigenvalue weighted by Crippen LogP contribution is 2.44. The number of sulfonamides is 1. The zero-order valence-electron chi connectivity index (χ0n) is 15.4. The minimum atomic E-state index is -4.00. The molecule has 0 heterocycles. The molecule has 4 rings (SSSR count). The molecule has 148 valence electrons. The number of para-hydroxylation sites is 1. The summed E-state index contributed by atoms with van der Waals surface area (Å²) in [5.74, 6) is 0.364. The molecule has 2 aromatic rings. The van der Waals surface area contributed by atoms with Gasteiger partial charge in [0.1, 0.15) is 12.4 Å². The lowest BCUT2D eigenvalue weighted by Gasteiger charge is -2.27. The van der Waals surface area contributed by atoms with Crippen molar-refractivity contribution in [2.45, 2.75) is 36.6 Å². The Morgan fingerprint density at radius 1 is 1.04 bits per heavy atom. The summed E-state index contributed by atoms with van der Waals surface area (Å²) in [5, 5.41) is 3.04. The van der Waals surface area contributed by atoms with Crippen LogP contribution < -0.4 is 9.62 Å². The average Bonchev–Trinajstić information content (AvgIpc) is 3.30. The molecule has 7 heteroatoms. The van der Waals surface area contributed by atoms with Gasteiger partial charge < -0.3 is 5.32 Å². The normalized spacial score (nSPS) is 23.5. The quantitative estimate of drug-likeness (QED) is 0.806. The predicted molar refractivity (Wildman–Crippen MR) is 105 cm³/mol. The molecule has 0 spiro atoms. The highest BCUT2D eigenvalue weighted by atomic mass is 32.2. The number of amides is 1. The third kappa shape index (κ3) is 3.76. The van der Waals surface area contributed by atoms with Crippen LogP contribution in [0.2, 0.25) is 0 Å². The molecule has 0 unspecified atom stereocenters. The highest BCUT2D eigenvalue weighted by molar-refractivity contribution is 7.92. The van der Waals surface area contributed by atoms with E-state index >= 15 is 0 Å². The second kappa shape index (κ2) is 7.54. The van der Waals surface area contributed by atoms with Crippen LogP contribution in [0.1, 0.15) is 25.7 Å². The molecule has 2 aliphatic carbocycles. The maximum absolute atomic E-state index is 13.2. The summed E-state index contributed by atoms with van der Waals surface area (Å²) in [6, 6.07) is 13.3. The number of hydrogen-bond donors (Lipinski definition) is 1. The molecule has 1 amide bonds. The van der Waals surface area contributed by atoms with Crippen molar-refractivity contribution < 1.29 is 17.6 Å². The van der Waals surface area contributed by atoms with Crippen LogP contribution in [0.5, 0.6) is 0 Å². The summed E-state index contributed by atoms with van der Waals surface area (Å²) in [4.78, 5) is 12.7. The van der Waals surface area contributed by atoms with Crippen molar-refractivity contribution in [1.82, 2.24) is 5.32 Å². The van der Waals surface area contributed by atoms with Crippen LogP contribution >= 0.6 is 0 Å². The van der Waals surface area contributed by atoms with E-state index in [4.69, 9.17) is 0 Å². The number of benzene rings is 2. The third-order valence-corrected chi connectivity index (χ3v) is 7.61. The Morgan fingerprint density at radius 2 is 1.75 bits per heavy atom. The van der Waals surface area contributed by atoms with Crippen LogP contribution in [0.3, 0.4) is 0 Å². The molecule has 0 saturated heterocycles. The van der Waals surface area contributed by atoms with E-state index in [-0.39, 0.29) is 23.4 Å². The molecular weight excluding hydrogens is 379 g/mol. The van der Waals surface area contributed by atoms with Crippen molar-refractivity contribution >= 4 is 21.6 Å². The van der Waals surface area contributed by atoms with Gasteiger partial charge in [-0.15, -0.1) is 0 Å². The first-order valence-corrected chi connectivity index (χ1v) is 11.0. The second-order valence-corrected chi connectivity index (χ2v) is 9.51. The zero-order chi connectivity index (χ0) is 19.7. The Kier molecular flexibility index (Phi) is 5.10. The number of anilines is 1. The summed E-state index contributed by atoms with van der Waals surface area (Å²) in [7, 11) is -4.00. The Balaban J connectivity index is 1.57. The lowest BCUT2D eigenvalue weighted by atomic mass is 9.95. The summed E-state index contributed by atoms with van der Waals surface area (Å²) in [5.41, 5.74) is 0.398. The van der Waals surface area contributed by atoms with Crippen molar-refractivity contribution in [1.29, 1.82) is 0 Å². The molecule has 28 heavy (non-hydrogen) atoms. The zero-order valence-corrected chi connectivity index (χ0v) is 16.2. The third-order valence-electron chi connectivity index (χ3n) is 5.82. The van der Waals surface area contributed by atoms with Gasteiger partial charge in [0.2, 0.25) is 5.91 Å². The number of hydrogen-bond acceptors (Lipinski definition) is 3. The predicted octanol–water partition coefficient (Wildman–Crippen LogP) is 3.33. The van der Waals surface area contributed by atoms with E-state index in [0.29, 0.717) is 17.5 Å². The van der Waals surface area contributed by atoms with Crippen molar-refractivity contribution in [2.24, 2.45) is 11.8 Å². The van der Waals surface area contributed by atoms with Crippen molar-refractivity contribution in [3.05, 3.63) is 60.4 Å². The van der Waals surface area contributed by atoms with E-state index in [1.165, 1.54) is 18.6 Å². The fourth-order valence-electron chi connectivity index (χ4n) is 4.45. The smallest absolute Gasteiger partial charge is 0.264 e. The van der Waals surface area contributed by atoms with Crippen LogP contribution in [-0.4, -0.2) is 26.9 Å². The van der Waals surface area contributed by atoms with E-state index in [0.717, 1.165) is 35.7 Å². The Hall–Kier alpha value is -2.41.